The Hall–Kier alpha value is -1.33. The van der Waals surface area contributed by atoms with E-state index in [1.165, 1.54) is 18.2 Å². The van der Waals surface area contributed by atoms with Crippen LogP contribution < -0.4 is 10.5 Å². The van der Waals surface area contributed by atoms with Crippen molar-refractivity contribution in [3.63, 3.8) is 0 Å². The van der Waals surface area contributed by atoms with Crippen LogP contribution in [0.15, 0.2) is 34.8 Å². The Morgan fingerprint density at radius 1 is 1.11 bits per heavy atom. The van der Waals surface area contributed by atoms with Gasteiger partial charge in [-0.15, -0.1) is 0 Å². The van der Waals surface area contributed by atoms with Gasteiger partial charge in [0.25, 0.3) is 0 Å². The molecule has 0 fully saturated rings. The summed E-state index contributed by atoms with van der Waals surface area (Å²) in [5.41, 5.74) is 5.93. The predicted molar refractivity (Wildman–Crippen MR) is 70.0 cm³/mol. The Morgan fingerprint density at radius 2 is 1.83 bits per heavy atom. The normalized spacial score (nSPS) is 10.4. The van der Waals surface area contributed by atoms with Crippen molar-refractivity contribution in [3.8, 4) is 11.5 Å². The first-order valence-electron chi connectivity index (χ1n) is 4.85. The van der Waals surface area contributed by atoms with Crippen LogP contribution in [0.5, 0.6) is 11.5 Å². The van der Waals surface area contributed by atoms with Gasteiger partial charge in [-0.05, 0) is 24.3 Å². The second-order valence-corrected chi connectivity index (χ2v) is 4.84. The van der Waals surface area contributed by atoms with Gasteiger partial charge in [-0.25, -0.2) is 4.39 Å². The van der Waals surface area contributed by atoms with Crippen LogP contribution in [0.1, 0.15) is 0 Å². The van der Waals surface area contributed by atoms with Gasteiger partial charge in [0.2, 0.25) is 5.82 Å². The minimum Gasteiger partial charge on any atom is -0.452 e. The van der Waals surface area contributed by atoms with E-state index in [-0.39, 0.29) is 17.2 Å². The van der Waals surface area contributed by atoms with Crippen LogP contribution in [0.3, 0.4) is 0 Å². The second kappa shape index (κ2) is 5.12. The van der Waals surface area contributed by atoms with Crippen LogP contribution in [0.4, 0.5) is 14.5 Å². The maximum absolute atomic E-state index is 13.5. The highest BCUT2D eigenvalue weighted by Gasteiger charge is 2.13. The number of anilines is 1. The quantitative estimate of drug-likeness (QED) is 0.635. The van der Waals surface area contributed by atoms with E-state index in [2.05, 4.69) is 15.9 Å². The smallest absolute Gasteiger partial charge is 0.201 e. The van der Waals surface area contributed by atoms with Gasteiger partial charge in [0.05, 0.1) is 5.69 Å². The van der Waals surface area contributed by atoms with Crippen LogP contribution in [0, 0.1) is 11.6 Å². The molecule has 94 valence electrons. The predicted octanol–water partition coefficient (Wildman–Crippen LogP) is 4.76. The fraction of sp³-hybridized carbons (Fsp3) is 0. The van der Waals surface area contributed by atoms with E-state index in [1.54, 1.807) is 6.07 Å². The van der Waals surface area contributed by atoms with Crippen LogP contribution in [0.2, 0.25) is 5.02 Å². The molecule has 2 rings (SSSR count). The van der Waals surface area contributed by atoms with Gasteiger partial charge in [0.15, 0.2) is 17.3 Å². The molecule has 0 unspecified atom stereocenters. The lowest BCUT2D eigenvalue weighted by atomic mass is 10.3. The molecule has 0 saturated heterocycles. The molecular formula is C12H7BrClF2NO. The van der Waals surface area contributed by atoms with E-state index in [9.17, 15) is 8.78 Å². The van der Waals surface area contributed by atoms with Crippen molar-refractivity contribution in [1.29, 1.82) is 0 Å². The molecule has 0 aliphatic carbocycles. The second-order valence-electron chi connectivity index (χ2n) is 3.48. The van der Waals surface area contributed by atoms with Gasteiger partial charge >= 0.3 is 0 Å². The molecular weight excluding hydrogens is 327 g/mol. The lowest BCUT2D eigenvalue weighted by Gasteiger charge is -2.10. The van der Waals surface area contributed by atoms with E-state index in [1.807, 2.05) is 0 Å². The molecule has 0 aliphatic heterocycles. The first-order valence-corrected chi connectivity index (χ1v) is 6.02. The summed E-state index contributed by atoms with van der Waals surface area (Å²) in [7, 11) is 0. The molecule has 0 saturated carbocycles. The summed E-state index contributed by atoms with van der Waals surface area (Å²) < 4.78 is 32.3. The molecule has 0 spiro atoms. The summed E-state index contributed by atoms with van der Waals surface area (Å²) in [6.45, 7) is 0. The van der Waals surface area contributed by atoms with Gasteiger partial charge in [-0.1, -0.05) is 27.5 Å². The van der Waals surface area contributed by atoms with Crippen molar-refractivity contribution >= 4 is 33.2 Å². The molecule has 0 amide bonds. The number of hydrogen-bond acceptors (Lipinski definition) is 2. The first-order chi connectivity index (χ1) is 8.47. The Kier molecular flexibility index (Phi) is 3.73. The third-order valence-electron chi connectivity index (χ3n) is 2.16. The maximum Gasteiger partial charge on any atom is 0.201 e. The summed E-state index contributed by atoms with van der Waals surface area (Å²) in [5, 5.41) is 0.384. The van der Waals surface area contributed by atoms with E-state index in [0.29, 0.717) is 9.50 Å². The molecule has 0 atom stereocenters. The molecule has 2 nitrogen and oxygen atoms in total. The Labute approximate surface area is 115 Å². The highest BCUT2D eigenvalue weighted by atomic mass is 79.9. The fourth-order valence-electron chi connectivity index (χ4n) is 1.32. The zero-order valence-electron chi connectivity index (χ0n) is 8.88. The van der Waals surface area contributed by atoms with Crippen molar-refractivity contribution in [2.45, 2.75) is 0 Å². The fourth-order valence-corrected chi connectivity index (χ4v) is 1.89. The average Bonchev–Trinajstić information content (AvgIpc) is 2.30. The highest BCUT2D eigenvalue weighted by Crippen LogP contribution is 2.33. The van der Waals surface area contributed by atoms with E-state index in [0.717, 1.165) is 6.07 Å². The number of hydrogen-bond donors (Lipinski definition) is 1. The molecule has 0 bridgehead atoms. The zero-order valence-corrected chi connectivity index (χ0v) is 11.2. The van der Waals surface area contributed by atoms with Crippen molar-refractivity contribution < 1.29 is 13.5 Å². The number of nitrogens with two attached hydrogens (primary N) is 1. The van der Waals surface area contributed by atoms with E-state index in [4.69, 9.17) is 22.1 Å². The highest BCUT2D eigenvalue weighted by molar-refractivity contribution is 9.10. The lowest BCUT2D eigenvalue weighted by Crippen LogP contribution is -1.95. The standard InChI is InChI=1S/C12H7BrClF2NO/c13-6-3-8(15)12(16)11(4-6)18-10-5-7(14)1-2-9(10)17/h1-5H,17H2. The Morgan fingerprint density at radius 3 is 2.56 bits per heavy atom. The average molecular weight is 335 g/mol. The van der Waals surface area contributed by atoms with Crippen molar-refractivity contribution in [3.05, 3.63) is 51.5 Å². The number of nitrogen functional groups attached to an aromatic ring is 1. The third kappa shape index (κ3) is 2.73. The SMILES string of the molecule is Nc1ccc(Cl)cc1Oc1cc(Br)cc(F)c1F. The van der Waals surface area contributed by atoms with Gasteiger partial charge in [-0.3, -0.25) is 0 Å². The van der Waals surface area contributed by atoms with Crippen LogP contribution >= 0.6 is 27.5 Å². The number of rotatable bonds is 2. The molecule has 6 heteroatoms. The van der Waals surface area contributed by atoms with Gasteiger partial charge in [0, 0.05) is 15.6 Å². The van der Waals surface area contributed by atoms with Gasteiger partial charge in [-0.2, -0.15) is 4.39 Å². The number of benzene rings is 2. The molecule has 2 aromatic carbocycles. The summed E-state index contributed by atoms with van der Waals surface area (Å²) in [4.78, 5) is 0. The summed E-state index contributed by atoms with van der Waals surface area (Å²) >= 11 is 8.82. The largest absolute Gasteiger partial charge is 0.452 e. The number of ether oxygens (including phenoxy) is 1. The minimum atomic E-state index is -1.09. The van der Waals surface area contributed by atoms with Crippen molar-refractivity contribution in [2.75, 3.05) is 5.73 Å². The molecule has 0 heterocycles. The summed E-state index contributed by atoms with van der Waals surface area (Å²) in [5.74, 6) is -2.20. The summed E-state index contributed by atoms with van der Waals surface area (Å²) in [6.07, 6.45) is 0. The molecule has 2 N–H and O–H groups in total. The van der Waals surface area contributed by atoms with Crippen LogP contribution in [0.25, 0.3) is 0 Å². The van der Waals surface area contributed by atoms with E-state index < -0.39 is 11.6 Å². The Bertz CT molecular complexity index is 607. The number of halogens is 4. The minimum absolute atomic E-state index is 0.166. The topological polar surface area (TPSA) is 35.2 Å². The maximum atomic E-state index is 13.5. The van der Waals surface area contributed by atoms with E-state index >= 15 is 0 Å². The molecule has 0 aliphatic rings. The van der Waals surface area contributed by atoms with Crippen molar-refractivity contribution in [1.82, 2.24) is 0 Å². The molecule has 0 radical (unpaired) electrons. The lowest BCUT2D eigenvalue weighted by molar-refractivity contribution is 0.416. The molecule has 18 heavy (non-hydrogen) atoms. The Balaban J connectivity index is 2.43. The molecule has 2 aromatic rings. The monoisotopic (exact) mass is 333 g/mol. The van der Waals surface area contributed by atoms with Crippen LogP contribution in [-0.2, 0) is 0 Å². The van der Waals surface area contributed by atoms with Crippen molar-refractivity contribution in [2.24, 2.45) is 0 Å². The van der Waals surface area contributed by atoms with Gasteiger partial charge in [0.1, 0.15) is 0 Å². The van der Waals surface area contributed by atoms with Crippen LogP contribution in [-0.4, -0.2) is 0 Å². The zero-order chi connectivity index (χ0) is 13.3. The third-order valence-corrected chi connectivity index (χ3v) is 2.85. The first kappa shape index (κ1) is 13.1. The molecule has 0 aromatic heterocycles. The summed E-state index contributed by atoms with van der Waals surface area (Å²) in [6, 6.07) is 6.82. The van der Waals surface area contributed by atoms with Gasteiger partial charge < -0.3 is 10.5 Å².